The number of sulfonamides is 1. The third-order valence-electron chi connectivity index (χ3n) is 3.66. The molecule has 0 bridgehead atoms. The number of carbonyl (C=O) groups is 1. The van der Waals surface area contributed by atoms with Gasteiger partial charge in [-0.25, -0.2) is 8.42 Å². The Morgan fingerprint density at radius 1 is 1.38 bits per heavy atom. The first-order chi connectivity index (χ1) is 9.94. The van der Waals surface area contributed by atoms with Gasteiger partial charge < -0.3 is 4.74 Å². The van der Waals surface area contributed by atoms with E-state index < -0.39 is 10.0 Å². The first-order valence-corrected chi connectivity index (χ1v) is 8.72. The van der Waals surface area contributed by atoms with Crippen LogP contribution in [-0.4, -0.2) is 33.8 Å². The lowest BCUT2D eigenvalue weighted by atomic mass is 10.0. The quantitative estimate of drug-likeness (QED) is 0.781. The molecule has 0 fully saturated rings. The van der Waals surface area contributed by atoms with E-state index in [4.69, 9.17) is 0 Å². The number of benzene rings is 1. The lowest BCUT2D eigenvalue weighted by Crippen LogP contribution is -2.37. The van der Waals surface area contributed by atoms with E-state index in [0.29, 0.717) is 6.54 Å². The van der Waals surface area contributed by atoms with Crippen molar-refractivity contribution in [2.45, 2.75) is 32.6 Å². The Balaban J connectivity index is 2.13. The predicted octanol–water partition coefficient (Wildman–Crippen LogP) is 2.03. The molecule has 1 aromatic rings. The van der Waals surface area contributed by atoms with Crippen LogP contribution in [0.5, 0.6) is 0 Å². The minimum atomic E-state index is -3.39. The number of anilines is 1. The Hall–Kier alpha value is -1.56. The third-order valence-corrected chi connectivity index (χ3v) is 5.51. The average Bonchev–Trinajstić information content (AvgIpc) is 2.45. The number of fused-ring (bicyclic) bond motifs is 1. The van der Waals surface area contributed by atoms with Crippen LogP contribution in [0.25, 0.3) is 0 Å². The van der Waals surface area contributed by atoms with Crippen molar-refractivity contribution in [1.29, 1.82) is 0 Å². The molecule has 0 amide bonds. The van der Waals surface area contributed by atoms with Crippen molar-refractivity contribution < 1.29 is 17.9 Å². The molecular weight excluding hydrogens is 290 g/mol. The van der Waals surface area contributed by atoms with Crippen molar-refractivity contribution in [2.75, 3.05) is 23.7 Å². The van der Waals surface area contributed by atoms with E-state index in [2.05, 4.69) is 4.74 Å². The van der Waals surface area contributed by atoms with E-state index in [1.54, 1.807) is 0 Å². The van der Waals surface area contributed by atoms with Crippen molar-refractivity contribution >= 4 is 21.7 Å². The smallest absolute Gasteiger partial charge is 0.305 e. The largest absolute Gasteiger partial charge is 0.469 e. The first kappa shape index (κ1) is 15.8. The lowest BCUT2D eigenvalue weighted by molar-refractivity contribution is -0.140. The molecule has 6 heteroatoms. The molecule has 1 heterocycles. The minimum Gasteiger partial charge on any atom is -0.469 e. The Morgan fingerprint density at radius 2 is 2.14 bits per heavy atom. The van der Waals surface area contributed by atoms with Gasteiger partial charge in [-0.2, -0.15) is 0 Å². The van der Waals surface area contributed by atoms with E-state index >= 15 is 0 Å². The maximum atomic E-state index is 12.5. The molecule has 0 aliphatic carbocycles. The minimum absolute atomic E-state index is 0.0323. The summed E-state index contributed by atoms with van der Waals surface area (Å²) in [5, 5.41) is 0. The fourth-order valence-electron chi connectivity index (χ4n) is 2.59. The average molecular weight is 311 g/mol. The monoisotopic (exact) mass is 311 g/mol. The van der Waals surface area contributed by atoms with E-state index in [-0.39, 0.29) is 24.6 Å². The van der Waals surface area contributed by atoms with Gasteiger partial charge in [0.2, 0.25) is 10.0 Å². The second kappa shape index (κ2) is 6.47. The van der Waals surface area contributed by atoms with Crippen LogP contribution in [0.1, 0.15) is 30.4 Å². The van der Waals surface area contributed by atoms with Gasteiger partial charge in [0.1, 0.15) is 0 Å². The number of esters is 1. The standard InChI is InChI=1S/C15H21NO4S/c1-12-7-8-14-13(11-12)5-3-9-16(14)21(18,19)10-4-6-15(17)20-2/h7-8,11H,3-6,9-10H2,1-2H3. The normalized spacial score (nSPS) is 14.7. The van der Waals surface area contributed by atoms with Crippen molar-refractivity contribution in [2.24, 2.45) is 0 Å². The van der Waals surface area contributed by atoms with Crippen LogP contribution >= 0.6 is 0 Å². The number of carbonyl (C=O) groups excluding carboxylic acids is 1. The zero-order chi connectivity index (χ0) is 15.5. The summed E-state index contributed by atoms with van der Waals surface area (Å²) in [6, 6.07) is 5.86. The van der Waals surface area contributed by atoms with Crippen LogP contribution in [-0.2, 0) is 26.0 Å². The summed E-state index contributed by atoms with van der Waals surface area (Å²) in [4.78, 5) is 11.1. The molecule has 0 atom stereocenters. The van der Waals surface area contributed by atoms with Crippen molar-refractivity contribution in [3.8, 4) is 0 Å². The molecular formula is C15H21NO4S. The maximum Gasteiger partial charge on any atom is 0.305 e. The summed E-state index contributed by atoms with van der Waals surface area (Å²) in [6.07, 6.45) is 2.15. The van der Waals surface area contributed by atoms with E-state index in [0.717, 1.165) is 29.7 Å². The molecule has 116 valence electrons. The van der Waals surface area contributed by atoms with Crippen LogP contribution in [0.4, 0.5) is 5.69 Å². The number of hydrogen-bond acceptors (Lipinski definition) is 4. The zero-order valence-electron chi connectivity index (χ0n) is 12.5. The van der Waals surface area contributed by atoms with Crippen LogP contribution in [0, 0.1) is 6.92 Å². The molecule has 0 unspecified atom stereocenters. The number of aryl methyl sites for hydroxylation is 2. The molecule has 0 spiro atoms. The SMILES string of the molecule is COC(=O)CCCS(=O)(=O)N1CCCc2cc(C)ccc21. The lowest BCUT2D eigenvalue weighted by Gasteiger charge is -2.30. The fourth-order valence-corrected chi connectivity index (χ4v) is 4.21. The summed E-state index contributed by atoms with van der Waals surface area (Å²) in [5.74, 6) is -0.407. The van der Waals surface area contributed by atoms with Gasteiger partial charge in [0.15, 0.2) is 0 Å². The summed E-state index contributed by atoms with van der Waals surface area (Å²) < 4.78 is 31.0. The van der Waals surface area contributed by atoms with Gasteiger partial charge in [-0.1, -0.05) is 17.7 Å². The summed E-state index contributed by atoms with van der Waals surface area (Å²) >= 11 is 0. The highest BCUT2D eigenvalue weighted by Crippen LogP contribution is 2.30. The molecule has 0 radical (unpaired) electrons. The van der Waals surface area contributed by atoms with Crippen molar-refractivity contribution in [1.82, 2.24) is 0 Å². The zero-order valence-corrected chi connectivity index (χ0v) is 13.3. The topological polar surface area (TPSA) is 63.7 Å². The highest BCUT2D eigenvalue weighted by molar-refractivity contribution is 7.92. The summed E-state index contributed by atoms with van der Waals surface area (Å²) in [5.41, 5.74) is 3.00. The second-order valence-corrected chi connectivity index (χ2v) is 7.32. The maximum absolute atomic E-state index is 12.5. The van der Waals surface area contributed by atoms with Gasteiger partial charge in [-0.15, -0.1) is 0 Å². The van der Waals surface area contributed by atoms with Gasteiger partial charge in [0.05, 0.1) is 18.6 Å². The Morgan fingerprint density at radius 3 is 2.86 bits per heavy atom. The van der Waals surface area contributed by atoms with Crippen molar-refractivity contribution in [3.05, 3.63) is 29.3 Å². The van der Waals surface area contributed by atoms with Crippen LogP contribution in [0.3, 0.4) is 0 Å². The second-order valence-electron chi connectivity index (χ2n) is 5.30. The molecule has 0 saturated carbocycles. The first-order valence-electron chi connectivity index (χ1n) is 7.11. The van der Waals surface area contributed by atoms with Crippen LogP contribution in [0.2, 0.25) is 0 Å². The van der Waals surface area contributed by atoms with Crippen LogP contribution < -0.4 is 4.31 Å². The number of ether oxygens (including phenoxy) is 1. The van der Waals surface area contributed by atoms with Gasteiger partial charge in [-0.05, 0) is 37.8 Å². The van der Waals surface area contributed by atoms with Crippen LogP contribution in [0.15, 0.2) is 18.2 Å². The number of methoxy groups -OCH3 is 1. The van der Waals surface area contributed by atoms with E-state index in [9.17, 15) is 13.2 Å². The molecule has 21 heavy (non-hydrogen) atoms. The Kier molecular flexibility index (Phi) is 4.88. The van der Waals surface area contributed by atoms with Gasteiger partial charge >= 0.3 is 5.97 Å². The molecule has 1 aliphatic heterocycles. The predicted molar refractivity (Wildman–Crippen MR) is 81.9 cm³/mol. The molecule has 1 aliphatic rings. The van der Waals surface area contributed by atoms with Gasteiger partial charge in [-0.3, -0.25) is 9.10 Å². The highest BCUT2D eigenvalue weighted by Gasteiger charge is 2.27. The third kappa shape index (κ3) is 3.75. The number of hydrogen-bond donors (Lipinski definition) is 0. The van der Waals surface area contributed by atoms with E-state index in [1.165, 1.54) is 11.4 Å². The molecule has 0 aromatic heterocycles. The van der Waals surface area contributed by atoms with Gasteiger partial charge in [0, 0.05) is 13.0 Å². The van der Waals surface area contributed by atoms with Crippen molar-refractivity contribution in [3.63, 3.8) is 0 Å². The molecule has 2 rings (SSSR count). The summed E-state index contributed by atoms with van der Waals surface area (Å²) in [6.45, 7) is 2.51. The fraction of sp³-hybridized carbons (Fsp3) is 0.533. The molecule has 5 nitrogen and oxygen atoms in total. The summed E-state index contributed by atoms with van der Waals surface area (Å²) in [7, 11) is -2.08. The highest BCUT2D eigenvalue weighted by atomic mass is 32.2. The molecule has 1 aromatic carbocycles. The number of nitrogens with zero attached hydrogens (tertiary/aromatic N) is 1. The van der Waals surface area contributed by atoms with E-state index in [1.807, 2.05) is 25.1 Å². The molecule has 0 N–H and O–H groups in total. The Labute approximate surface area is 126 Å². The molecule has 0 saturated heterocycles. The number of rotatable bonds is 5. The van der Waals surface area contributed by atoms with Gasteiger partial charge in [0.25, 0.3) is 0 Å². The Bertz CT molecular complexity index is 625.